The molecule has 0 heterocycles. The lowest BCUT2D eigenvalue weighted by atomic mass is 10.0. The van der Waals surface area contributed by atoms with Gasteiger partial charge >= 0.3 is 0 Å². The van der Waals surface area contributed by atoms with Gasteiger partial charge < -0.3 is 0 Å². The van der Waals surface area contributed by atoms with E-state index in [0.29, 0.717) is 5.92 Å². The number of unbranched alkanes of at least 4 members (excludes halogenated alkanes) is 3. The first-order chi connectivity index (χ1) is 11.4. The van der Waals surface area contributed by atoms with Crippen LogP contribution in [0.25, 0.3) is 0 Å². The number of rotatable bonds is 14. The Hall–Kier alpha value is 0.640. The molecule has 0 rings (SSSR count). The fourth-order valence-corrected chi connectivity index (χ4v) is 9.26. The largest absolute Gasteiger partial charge is 0.0800 e. The number of halogens is 1. The van der Waals surface area contributed by atoms with Crippen LogP contribution >= 0.6 is 29.9 Å². The molecule has 0 aliphatic rings. The molecule has 2 heteroatoms. The molecular weight excluding hydrogens is 422 g/mol. The summed E-state index contributed by atoms with van der Waals surface area (Å²) < 4.78 is 2.23. The molecule has 24 heavy (non-hydrogen) atoms. The summed E-state index contributed by atoms with van der Waals surface area (Å²) in [6.07, 6.45) is 18.3. The fraction of sp³-hybridized carbons (Fsp3) is 0.818. The monoisotopic (exact) mass is 465 g/mol. The lowest BCUT2D eigenvalue weighted by molar-refractivity contribution is 0.712. The minimum Gasteiger partial charge on any atom is -0.0789 e. The molecule has 0 aromatic heterocycles. The van der Waals surface area contributed by atoms with E-state index in [2.05, 4.69) is 74.3 Å². The van der Waals surface area contributed by atoms with Gasteiger partial charge in [0.25, 0.3) is 0 Å². The Morgan fingerprint density at radius 1 is 0.875 bits per heavy atom. The Morgan fingerprint density at radius 3 is 1.71 bits per heavy atom. The van der Waals surface area contributed by atoms with Gasteiger partial charge in [-0.2, -0.15) is 0 Å². The van der Waals surface area contributed by atoms with Gasteiger partial charge in [0.05, 0.1) is 24.6 Å². The summed E-state index contributed by atoms with van der Waals surface area (Å²) >= 11 is 2.37. The molecule has 142 valence electrons. The maximum Gasteiger partial charge on any atom is 0.0800 e. The molecule has 0 spiro atoms. The van der Waals surface area contributed by atoms with Crippen molar-refractivity contribution in [3.05, 3.63) is 21.3 Å². The van der Waals surface area contributed by atoms with Gasteiger partial charge in [-0.15, -0.1) is 0 Å². The van der Waals surface area contributed by atoms with Crippen LogP contribution in [0.4, 0.5) is 0 Å². The van der Waals surface area contributed by atoms with Crippen LogP contribution in [-0.2, 0) is 0 Å². The second-order valence-electron chi connectivity index (χ2n) is 7.88. The van der Waals surface area contributed by atoms with E-state index in [-0.39, 0.29) is 0 Å². The predicted molar refractivity (Wildman–Crippen MR) is 126 cm³/mol. The summed E-state index contributed by atoms with van der Waals surface area (Å²) in [4.78, 5) is 0. The Balaban J connectivity index is 5.08. The van der Waals surface area contributed by atoms with Crippen LogP contribution in [0.1, 0.15) is 86.5 Å². The van der Waals surface area contributed by atoms with Crippen LogP contribution in [0.2, 0.25) is 0 Å². The average molecular weight is 465 g/mol. The maximum absolute atomic E-state index is 2.59. The summed E-state index contributed by atoms with van der Waals surface area (Å²) in [6.45, 7) is 14.1. The number of allylic oxidation sites excluding steroid dienone is 3. The Bertz CT molecular complexity index is 348. The summed E-state index contributed by atoms with van der Waals surface area (Å²) in [5.74, 6) is 0.682. The highest BCUT2D eigenvalue weighted by molar-refractivity contribution is 14.1. The van der Waals surface area contributed by atoms with Gasteiger partial charge in [-0.1, -0.05) is 81.2 Å². The molecule has 0 unspecified atom stereocenters. The average Bonchev–Trinajstić information content (AvgIpc) is 2.55. The summed E-state index contributed by atoms with van der Waals surface area (Å²) in [6, 6.07) is 0. The Morgan fingerprint density at radius 2 is 1.33 bits per heavy atom. The van der Waals surface area contributed by atoms with Crippen LogP contribution in [0, 0.1) is 5.92 Å². The minimum atomic E-state index is -0.784. The zero-order valence-corrected chi connectivity index (χ0v) is 20.4. The molecule has 0 nitrogen and oxygen atoms in total. The molecule has 0 aromatic rings. The van der Waals surface area contributed by atoms with E-state index in [9.17, 15) is 0 Å². The van der Waals surface area contributed by atoms with E-state index in [4.69, 9.17) is 0 Å². The Labute approximate surface area is 167 Å². The van der Waals surface area contributed by atoms with Gasteiger partial charge in [0.15, 0.2) is 0 Å². The van der Waals surface area contributed by atoms with Crippen molar-refractivity contribution in [1.29, 1.82) is 0 Å². The predicted octanol–water partition coefficient (Wildman–Crippen LogP) is 8.72. The SMILES string of the molecule is CCCC[P+](CCCC)(CCCC)C/C(C)=C\[C@H](C)C/C(C)=C/I. The van der Waals surface area contributed by atoms with Crippen LogP contribution in [-0.4, -0.2) is 24.6 Å². The van der Waals surface area contributed by atoms with Gasteiger partial charge in [-0.3, -0.25) is 0 Å². The third-order valence-electron chi connectivity index (χ3n) is 4.94. The third kappa shape index (κ3) is 11.3. The van der Waals surface area contributed by atoms with Gasteiger partial charge in [0, 0.05) is 7.26 Å². The van der Waals surface area contributed by atoms with Gasteiger partial charge in [-0.25, -0.2) is 0 Å². The smallest absolute Gasteiger partial charge is 0.0789 e. The zero-order valence-electron chi connectivity index (χ0n) is 17.3. The first-order valence-corrected chi connectivity index (χ1v) is 14.0. The second kappa shape index (κ2) is 14.8. The normalized spacial score (nSPS) is 15.0. The molecule has 0 radical (unpaired) electrons. The van der Waals surface area contributed by atoms with Crippen molar-refractivity contribution in [3.8, 4) is 0 Å². The fourth-order valence-electron chi connectivity index (χ4n) is 3.73. The van der Waals surface area contributed by atoms with E-state index in [1.54, 1.807) is 5.57 Å². The van der Waals surface area contributed by atoms with Crippen molar-refractivity contribution < 1.29 is 0 Å². The van der Waals surface area contributed by atoms with Crippen molar-refractivity contribution in [3.63, 3.8) is 0 Å². The van der Waals surface area contributed by atoms with Crippen molar-refractivity contribution in [1.82, 2.24) is 0 Å². The first kappa shape index (κ1) is 24.6. The third-order valence-corrected chi connectivity index (χ3v) is 11.0. The van der Waals surface area contributed by atoms with Crippen LogP contribution in [0.15, 0.2) is 21.3 Å². The number of hydrogen-bond acceptors (Lipinski definition) is 0. The molecule has 0 bridgehead atoms. The standard InChI is InChI=1S/C22H43IP/c1-7-10-13-24(14-11-8-2,15-12-9-3)19-22(6)17-20(4)16-21(5)18-23/h17-18,20H,7-16,19H2,1-6H3/q+1/b21-18+,22-17-/t20-/m1/s1. The van der Waals surface area contributed by atoms with Crippen LogP contribution in [0.5, 0.6) is 0 Å². The van der Waals surface area contributed by atoms with E-state index >= 15 is 0 Å². The zero-order chi connectivity index (χ0) is 18.4. The van der Waals surface area contributed by atoms with Gasteiger partial charge in [0.2, 0.25) is 0 Å². The first-order valence-electron chi connectivity index (χ1n) is 10.2. The topological polar surface area (TPSA) is 0 Å². The van der Waals surface area contributed by atoms with Gasteiger partial charge in [-0.05, 0) is 55.1 Å². The highest BCUT2D eigenvalue weighted by atomic mass is 127. The Kier molecular flexibility index (Phi) is 15.2. The molecule has 0 aliphatic heterocycles. The molecule has 0 saturated carbocycles. The van der Waals surface area contributed by atoms with Crippen molar-refractivity contribution >= 4 is 29.9 Å². The molecule has 1 atom stereocenters. The summed E-state index contributed by atoms with van der Waals surface area (Å²) in [5.41, 5.74) is 3.19. The van der Waals surface area contributed by atoms with E-state index in [1.165, 1.54) is 75.2 Å². The lowest BCUT2D eigenvalue weighted by Gasteiger charge is -2.28. The molecule has 0 N–H and O–H groups in total. The van der Waals surface area contributed by atoms with E-state index in [0.717, 1.165) is 0 Å². The highest BCUT2D eigenvalue weighted by Gasteiger charge is 2.35. The van der Waals surface area contributed by atoms with Crippen molar-refractivity contribution in [2.24, 2.45) is 5.92 Å². The van der Waals surface area contributed by atoms with Gasteiger partial charge in [0.1, 0.15) is 0 Å². The van der Waals surface area contributed by atoms with Crippen LogP contribution in [0.3, 0.4) is 0 Å². The van der Waals surface area contributed by atoms with Crippen molar-refractivity contribution in [2.45, 2.75) is 86.5 Å². The maximum atomic E-state index is 2.59. The number of hydrogen-bond donors (Lipinski definition) is 0. The molecule has 0 fully saturated rings. The highest BCUT2D eigenvalue weighted by Crippen LogP contribution is 2.61. The molecular formula is C22H43IP+. The molecule has 0 saturated heterocycles. The molecule has 0 aliphatic carbocycles. The minimum absolute atomic E-state index is 0.682. The molecule has 0 aromatic carbocycles. The quantitative estimate of drug-likeness (QED) is 0.137. The van der Waals surface area contributed by atoms with E-state index < -0.39 is 7.26 Å². The second-order valence-corrected chi connectivity index (χ2v) is 12.8. The lowest BCUT2D eigenvalue weighted by Crippen LogP contribution is -2.14. The van der Waals surface area contributed by atoms with Crippen LogP contribution < -0.4 is 0 Å². The summed E-state index contributed by atoms with van der Waals surface area (Å²) in [5, 5.41) is 0. The van der Waals surface area contributed by atoms with Crippen molar-refractivity contribution in [2.75, 3.05) is 24.6 Å². The van der Waals surface area contributed by atoms with E-state index in [1.807, 2.05) is 0 Å². The summed E-state index contributed by atoms with van der Waals surface area (Å²) in [7, 11) is -0.784. The molecule has 0 amide bonds.